The summed E-state index contributed by atoms with van der Waals surface area (Å²) in [6, 6.07) is 10.0. The second-order valence-corrected chi connectivity index (χ2v) is 6.00. The van der Waals surface area contributed by atoms with Crippen LogP contribution in [0.4, 0.5) is 0 Å². The molecule has 2 atom stereocenters. The topological polar surface area (TPSA) is 29.3 Å². The zero-order valence-electron chi connectivity index (χ0n) is 12.6. The van der Waals surface area contributed by atoms with Gasteiger partial charge >= 0.3 is 0 Å². The summed E-state index contributed by atoms with van der Waals surface area (Å²) in [5.41, 5.74) is 9.05. The Kier molecular flexibility index (Phi) is 5.00. The van der Waals surface area contributed by atoms with Crippen molar-refractivity contribution in [2.75, 3.05) is 6.54 Å². The third-order valence-electron chi connectivity index (χ3n) is 4.29. The zero-order chi connectivity index (χ0) is 13.8. The molecule has 2 heteroatoms. The summed E-state index contributed by atoms with van der Waals surface area (Å²) in [5.74, 6) is 0. The molecule has 2 N–H and O–H groups in total. The quantitative estimate of drug-likeness (QED) is 0.811. The van der Waals surface area contributed by atoms with Crippen molar-refractivity contribution in [3.8, 4) is 0 Å². The van der Waals surface area contributed by atoms with Gasteiger partial charge in [0.05, 0.1) is 0 Å². The van der Waals surface area contributed by atoms with E-state index in [9.17, 15) is 0 Å². The highest BCUT2D eigenvalue weighted by atomic mass is 15.2. The number of hydrogen-bond acceptors (Lipinski definition) is 2. The Labute approximate surface area is 118 Å². The molecule has 2 nitrogen and oxygen atoms in total. The SMILES string of the molecule is CCCCN(C1CC1)C(C)C(N)c1ccc(C)cc1. The monoisotopic (exact) mass is 260 g/mol. The fraction of sp³-hybridized carbons (Fsp3) is 0.647. The van der Waals surface area contributed by atoms with Gasteiger partial charge in [-0.2, -0.15) is 0 Å². The van der Waals surface area contributed by atoms with Gasteiger partial charge in [-0.1, -0.05) is 43.2 Å². The van der Waals surface area contributed by atoms with Crippen molar-refractivity contribution in [3.63, 3.8) is 0 Å². The Balaban J connectivity index is 2.03. The van der Waals surface area contributed by atoms with Gasteiger partial charge in [-0.3, -0.25) is 4.90 Å². The fourth-order valence-corrected chi connectivity index (χ4v) is 2.74. The first kappa shape index (κ1) is 14.5. The normalized spacial score (nSPS) is 18.6. The van der Waals surface area contributed by atoms with Gasteiger partial charge in [-0.25, -0.2) is 0 Å². The van der Waals surface area contributed by atoms with Crippen LogP contribution < -0.4 is 5.73 Å². The molecule has 0 aliphatic heterocycles. The highest BCUT2D eigenvalue weighted by Gasteiger charge is 2.34. The van der Waals surface area contributed by atoms with Crippen LogP contribution in [0.15, 0.2) is 24.3 Å². The molecular weight excluding hydrogens is 232 g/mol. The van der Waals surface area contributed by atoms with Crippen LogP contribution in [0.5, 0.6) is 0 Å². The van der Waals surface area contributed by atoms with Gasteiger partial charge in [0.1, 0.15) is 0 Å². The van der Waals surface area contributed by atoms with Crippen LogP contribution in [-0.2, 0) is 0 Å². The predicted molar refractivity (Wildman–Crippen MR) is 82.2 cm³/mol. The number of hydrogen-bond donors (Lipinski definition) is 1. The first-order chi connectivity index (χ1) is 9.13. The summed E-state index contributed by atoms with van der Waals surface area (Å²) in [7, 11) is 0. The van der Waals surface area contributed by atoms with Gasteiger partial charge in [0.25, 0.3) is 0 Å². The molecule has 106 valence electrons. The maximum Gasteiger partial charge on any atom is 0.0450 e. The van der Waals surface area contributed by atoms with Crippen LogP contribution >= 0.6 is 0 Å². The number of rotatable bonds is 7. The minimum atomic E-state index is 0.123. The number of nitrogens with two attached hydrogens (primary N) is 1. The van der Waals surface area contributed by atoms with Crippen LogP contribution in [0, 0.1) is 6.92 Å². The fourth-order valence-electron chi connectivity index (χ4n) is 2.74. The molecule has 2 rings (SSSR count). The van der Waals surface area contributed by atoms with E-state index in [0.717, 1.165) is 6.04 Å². The molecule has 1 aliphatic carbocycles. The zero-order valence-corrected chi connectivity index (χ0v) is 12.6. The number of aryl methyl sites for hydroxylation is 1. The van der Waals surface area contributed by atoms with E-state index in [1.54, 1.807) is 0 Å². The average molecular weight is 260 g/mol. The summed E-state index contributed by atoms with van der Waals surface area (Å²) < 4.78 is 0. The second kappa shape index (κ2) is 6.53. The second-order valence-electron chi connectivity index (χ2n) is 6.00. The third kappa shape index (κ3) is 3.80. The molecule has 0 heterocycles. The lowest BCUT2D eigenvalue weighted by atomic mass is 9.98. The van der Waals surface area contributed by atoms with E-state index >= 15 is 0 Å². The van der Waals surface area contributed by atoms with E-state index in [-0.39, 0.29) is 6.04 Å². The lowest BCUT2D eigenvalue weighted by Gasteiger charge is -2.33. The third-order valence-corrected chi connectivity index (χ3v) is 4.29. The van der Waals surface area contributed by atoms with Crippen molar-refractivity contribution >= 4 is 0 Å². The van der Waals surface area contributed by atoms with Crippen LogP contribution in [0.1, 0.15) is 56.7 Å². The summed E-state index contributed by atoms with van der Waals surface area (Å²) in [6.07, 6.45) is 5.25. The molecule has 1 aliphatic rings. The summed E-state index contributed by atoms with van der Waals surface area (Å²) in [5, 5.41) is 0. The van der Waals surface area contributed by atoms with Gasteiger partial charge in [0, 0.05) is 18.1 Å². The van der Waals surface area contributed by atoms with Crippen molar-refractivity contribution in [3.05, 3.63) is 35.4 Å². The average Bonchev–Trinajstić information content (AvgIpc) is 3.23. The molecule has 0 aromatic heterocycles. The number of unbranched alkanes of at least 4 members (excludes halogenated alkanes) is 1. The van der Waals surface area contributed by atoms with Crippen LogP contribution in [0.25, 0.3) is 0 Å². The Morgan fingerprint density at radius 3 is 2.42 bits per heavy atom. The van der Waals surface area contributed by atoms with Crippen LogP contribution in [0.3, 0.4) is 0 Å². The van der Waals surface area contributed by atoms with E-state index < -0.39 is 0 Å². The summed E-state index contributed by atoms with van der Waals surface area (Å²) in [4.78, 5) is 2.63. The Bertz CT molecular complexity index is 381. The predicted octanol–water partition coefficient (Wildman–Crippen LogP) is 3.65. The van der Waals surface area contributed by atoms with Gasteiger partial charge in [-0.15, -0.1) is 0 Å². The molecule has 0 spiro atoms. The van der Waals surface area contributed by atoms with Crippen molar-refractivity contribution in [1.82, 2.24) is 4.90 Å². The van der Waals surface area contributed by atoms with Crippen molar-refractivity contribution in [2.45, 2.75) is 64.6 Å². The molecule has 2 unspecified atom stereocenters. The van der Waals surface area contributed by atoms with E-state index in [4.69, 9.17) is 5.73 Å². The first-order valence-electron chi connectivity index (χ1n) is 7.71. The number of benzene rings is 1. The van der Waals surface area contributed by atoms with Gasteiger partial charge in [0.2, 0.25) is 0 Å². The maximum atomic E-state index is 6.49. The Morgan fingerprint density at radius 2 is 1.89 bits per heavy atom. The molecule has 19 heavy (non-hydrogen) atoms. The Hall–Kier alpha value is -0.860. The molecule has 1 aromatic rings. The van der Waals surface area contributed by atoms with Gasteiger partial charge in [-0.05, 0) is 45.2 Å². The van der Waals surface area contributed by atoms with Crippen LogP contribution in [-0.4, -0.2) is 23.5 Å². The molecular formula is C17H28N2. The van der Waals surface area contributed by atoms with Crippen LogP contribution in [0.2, 0.25) is 0 Å². The standard InChI is InChI=1S/C17H28N2/c1-4-5-12-19(16-10-11-16)14(3)17(18)15-8-6-13(2)7-9-15/h6-9,14,16-17H,4-5,10-12,18H2,1-3H3. The largest absolute Gasteiger partial charge is 0.323 e. The highest BCUT2D eigenvalue weighted by molar-refractivity contribution is 5.25. The van der Waals surface area contributed by atoms with Crippen molar-refractivity contribution < 1.29 is 0 Å². The molecule has 0 amide bonds. The molecule has 0 saturated heterocycles. The van der Waals surface area contributed by atoms with Gasteiger partial charge in [0.15, 0.2) is 0 Å². The van der Waals surface area contributed by atoms with Crippen molar-refractivity contribution in [2.24, 2.45) is 5.73 Å². The molecule has 1 aromatic carbocycles. The lowest BCUT2D eigenvalue weighted by molar-refractivity contribution is 0.172. The van der Waals surface area contributed by atoms with Crippen molar-refractivity contribution in [1.29, 1.82) is 0 Å². The number of nitrogens with zero attached hydrogens (tertiary/aromatic N) is 1. The lowest BCUT2D eigenvalue weighted by Crippen LogP contribution is -2.42. The Morgan fingerprint density at radius 1 is 1.26 bits per heavy atom. The minimum Gasteiger partial charge on any atom is -0.323 e. The highest BCUT2D eigenvalue weighted by Crippen LogP contribution is 2.32. The molecule has 1 fully saturated rings. The van der Waals surface area contributed by atoms with E-state index in [1.807, 2.05) is 0 Å². The summed E-state index contributed by atoms with van der Waals surface area (Å²) in [6.45, 7) is 7.87. The summed E-state index contributed by atoms with van der Waals surface area (Å²) >= 11 is 0. The first-order valence-corrected chi connectivity index (χ1v) is 7.71. The van der Waals surface area contributed by atoms with E-state index in [2.05, 4.69) is 49.9 Å². The molecule has 0 bridgehead atoms. The minimum absolute atomic E-state index is 0.123. The van der Waals surface area contributed by atoms with E-state index in [0.29, 0.717) is 6.04 Å². The van der Waals surface area contributed by atoms with Gasteiger partial charge < -0.3 is 5.73 Å². The molecule has 1 saturated carbocycles. The maximum absolute atomic E-state index is 6.49. The smallest absolute Gasteiger partial charge is 0.0450 e. The van der Waals surface area contributed by atoms with E-state index in [1.165, 1.54) is 43.4 Å². The molecule has 0 radical (unpaired) electrons.